The summed E-state index contributed by atoms with van der Waals surface area (Å²) in [7, 11) is 0. The van der Waals surface area contributed by atoms with Crippen molar-refractivity contribution >= 4 is 51.8 Å². The van der Waals surface area contributed by atoms with Crippen LogP contribution in [0.4, 0.5) is 11.6 Å². The van der Waals surface area contributed by atoms with E-state index in [4.69, 9.17) is 27.3 Å². The quantitative estimate of drug-likeness (QED) is 0.402. The number of hydrogen-bond acceptors (Lipinski definition) is 7. The monoisotopic (exact) mass is 476 g/mol. The van der Waals surface area contributed by atoms with Crippen LogP contribution < -0.4 is 10.6 Å². The summed E-state index contributed by atoms with van der Waals surface area (Å²) in [6, 6.07) is 5.97. The van der Waals surface area contributed by atoms with E-state index >= 15 is 0 Å². The number of nitrogens with two attached hydrogens (primary N) is 1. The second-order valence-corrected chi connectivity index (χ2v) is 10.6. The predicted octanol–water partition coefficient (Wildman–Crippen LogP) is 4.21. The third kappa shape index (κ3) is 2.92. The molecule has 3 N–H and O–H groups in total. The first-order valence-electron chi connectivity index (χ1n) is 11.0. The van der Waals surface area contributed by atoms with E-state index in [1.807, 2.05) is 18.3 Å². The smallest absolute Gasteiger partial charge is 0.157 e. The molecule has 166 valence electrons. The van der Waals surface area contributed by atoms with Gasteiger partial charge in [-0.1, -0.05) is 23.4 Å². The molecular weight excluding hydrogens is 456 g/mol. The van der Waals surface area contributed by atoms with E-state index < -0.39 is 0 Å². The van der Waals surface area contributed by atoms with Gasteiger partial charge in [0.15, 0.2) is 11.5 Å². The fourth-order valence-corrected chi connectivity index (χ4v) is 6.59. The second kappa shape index (κ2) is 6.98. The summed E-state index contributed by atoms with van der Waals surface area (Å²) >= 11 is 7.91. The van der Waals surface area contributed by atoms with Gasteiger partial charge in [0.2, 0.25) is 0 Å². The first-order chi connectivity index (χ1) is 16.1. The molecule has 5 aromatic rings. The maximum absolute atomic E-state index is 6.37. The minimum atomic E-state index is 0.335. The van der Waals surface area contributed by atoms with Crippen molar-refractivity contribution in [2.24, 2.45) is 5.41 Å². The summed E-state index contributed by atoms with van der Waals surface area (Å²) in [5.74, 6) is 1.36. The van der Waals surface area contributed by atoms with Crippen molar-refractivity contribution in [3.05, 3.63) is 53.1 Å². The van der Waals surface area contributed by atoms with E-state index in [0.717, 1.165) is 71.2 Å². The molecule has 1 fully saturated rings. The average molecular weight is 477 g/mol. The van der Waals surface area contributed by atoms with Crippen molar-refractivity contribution in [1.29, 1.82) is 0 Å². The highest BCUT2D eigenvalue weighted by Crippen LogP contribution is 2.45. The average Bonchev–Trinajstić information content (AvgIpc) is 3.57. The molecule has 1 saturated heterocycles. The van der Waals surface area contributed by atoms with Crippen LogP contribution in [-0.4, -0.2) is 42.6 Å². The van der Waals surface area contributed by atoms with Crippen LogP contribution >= 0.6 is 23.4 Å². The molecule has 6 heterocycles. The molecule has 1 spiro atoms. The zero-order valence-electron chi connectivity index (χ0n) is 17.8. The number of fused-ring (bicyclic) bond motifs is 1. The van der Waals surface area contributed by atoms with Crippen LogP contribution in [-0.2, 0) is 12.8 Å². The number of hydrogen-bond donors (Lipinski definition) is 2. The third-order valence-corrected chi connectivity index (χ3v) is 8.79. The van der Waals surface area contributed by atoms with Gasteiger partial charge in [-0.05, 0) is 54.9 Å². The molecule has 8 nitrogen and oxygen atoms in total. The van der Waals surface area contributed by atoms with E-state index in [1.54, 1.807) is 18.0 Å². The van der Waals surface area contributed by atoms with Crippen molar-refractivity contribution in [2.45, 2.75) is 35.5 Å². The Morgan fingerprint density at radius 2 is 1.97 bits per heavy atom. The molecule has 1 aliphatic carbocycles. The summed E-state index contributed by atoms with van der Waals surface area (Å²) in [5, 5.41) is 7.93. The number of nitrogens with one attached hydrogen (secondary N) is 1. The normalized spacial score (nSPS) is 17.5. The van der Waals surface area contributed by atoms with E-state index in [0.29, 0.717) is 16.3 Å². The Hall–Kier alpha value is -3.04. The molecule has 33 heavy (non-hydrogen) atoms. The van der Waals surface area contributed by atoms with Crippen LogP contribution in [0.1, 0.15) is 24.1 Å². The number of nitrogen functional groups attached to an aromatic ring is 1. The van der Waals surface area contributed by atoms with Crippen LogP contribution in [0.25, 0.3) is 16.8 Å². The van der Waals surface area contributed by atoms with Crippen molar-refractivity contribution in [3.63, 3.8) is 0 Å². The lowest BCUT2D eigenvalue weighted by Gasteiger charge is -2.39. The highest BCUT2D eigenvalue weighted by atomic mass is 35.5. The van der Waals surface area contributed by atoms with Gasteiger partial charge in [-0.2, -0.15) is 5.10 Å². The number of H-pyrrole nitrogens is 1. The standard InChI is InChI=1S/C23H21ClN8S/c24-19-16(3-6-26-20(19)25)33-17-1-2-18-29-21(15-12-27-22(17)32(15)18)31-7-4-23(5-8-31)9-13-11-28-30-14(13)10-23/h1-3,6,11-12H,4-5,7-10H2,(H2,25,26)(H,28,30). The number of nitrogens with zero attached hydrogens (tertiary/aromatic N) is 6. The van der Waals surface area contributed by atoms with Crippen LogP contribution in [0.2, 0.25) is 5.02 Å². The predicted molar refractivity (Wildman–Crippen MR) is 129 cm³/mol. The molecule has 0 saturated carbocycles. The van der Waals surface area contributed by atoms with Crippen molar-refractivity contribution in [2.75, 3.05) is 23.7 Å². The minimum Gasteiger partial charge on any atom is -0.382 e. The summed E-state index contributed by atoms with van der Waals surface area (Å²) in [6.07, 6.45) is 10.2. The van der Waals surface area contributed by atoms with Gasteiger partial charge in [-0.15, -0.1) is 0 Å². The fourth-order valence-electron chi connectivity index (χ4n) is 5.44. The Morgan fingerprint density at radius 1 is 1.09 bits per heavy atom. The van der Waals surface area contributed by atoms with Crippen molar-refractivity contribution in [1.82, 2.24) is 29.5 Å². The second-order valence-electron chi connectivity index (χ2n) is 9.10. The Kier molecular flexibility index (Phi) is 4.11. The summed E-state index contributed by atoms with van der Waals surface area (Å²) in [5.41, 5.74) is 11.7. The van der Waals surface area contributed by atoms with Gasteiger partial charge >= 0.3 is 0 Å². The molecule has 0 amide bonds. The fraction of sp³-hybridized carbons (Fsp3) is 0.304. The number of aromatic amines is 1. The Labute approximate surface area is 198 Å². The first-order valence-corrected chi connectivity index (χ1v) is 12.2. The molecular formula is C23H21ClN8S. The zero-order valence-corrected chi connectivity index (χ0v) is 19.3. The molecule has 0 bridgehead atoms. The van der Waals surface area contributed by atoms with Gasteiger partial charge in [0.1, 0.15) is 17.0 Å². The number of pyridine rings is 2. The van der Waals surface area contributed by atoms with Crippen LogP contribution in [0.15, 0.2) is 46.6 Å². The van der Waals surface area contributed by atoms with Crippen molar-refractivity contribution < 1.29 is 0 Å². The highest BCUT2D eigenvalue weighted by molar-refractivity contribution is 7.99. The number of aromatic nitrogens is 6. The highest BCUT2D eigenvalue weighted by Gasteiger charge is 2.41. The van der Waals surface area contributed by atoms with Gasteiger partial charge in [0.05, 0.1) is 21.8 Å². The lowest BCUT2D eigenvalue weighted by Crippen LogP contribution is -2.41. The Balaban J connectivity index is 1.18. The maximum Gasteiger partial charge on any atom is 0.157 e. The van der Waals surface area contributed by atoms with E-state index in [-0.39, 0.29) is 0 Å². The lowest BCUT2D eigenvalue weighted by atomic mass is 9.76. The molecule has 0 atom stereocenters. The first kappa shape index (κ1) is 19.4. The Bertz CT molecular complexity index is 1480. The van der Waals surface area contributed by atoms with E-state index in [2.05, 4.69) is 36.7 Å². The van der Waals surface area contributed by atoms with Gasteiger partial charge in [0.25, 0.3) is 0 Å². The van der Waals surface area contributed by atoms with Gasteiger partial charge in [-0.3, -0.25) is 9.50 Å². The molecule has 0 aromatic carbocycles. The summed E-state index contributed by atoms with van der Waals surface area (Å²) < 4.78 is 2.14. The van der Waals surface area contributed by atoms with Crippen molar-refractivity contribution in [3.8, 4) is 0 Å². The largest absolute Gasteiger partial charge is 0.382 e. The van der Waals surface area contributed by atoms with Crippen LogP contribution in [0.3, 0.4) is 0 Å². The third-order valence-electron chi connectivity index (χ3n) is 7.19. The van der Waals surface area contributed by atoms with Gasteiger partial charge in [0, 0.05) is 30.4 Å². The SMILES string of the molecule is Nc1nccc(Sc2ccc3nc(N4CCC5(CC4)Cc4c[nH]nc4C5)c4cnc2n34)c1Cl. The number of anilines is 2. The minimum absolute atomic E-state index is 0.335. The number of piperidine rings is 1. The summed E-state index contributed by atoms with van der Waals surface area (Å²) in [6.45, 7) is 2.00. The molecule has 7 rings (SSSR count). The molecule has 0 unspecified atom stereocenters. The molecule has 0 radical (unpaired) electrons. The van der Waals surface area contributed by atoms with Gasteiger partial charge in [-0.25, -0.2) is 15.0 Å². The topological polar surface area (TPSA) is 101 Å². The van der Waals surface area contributed by atoms with E-state index in [9.17, 15) is 0 Å². The number of halogens is 1. The number of imidazole rings is 2. The molecule has 2 aliphatic rings. The van der Waals surface area contributed by atoms with E-state index in [1.165, 1.54) is 11.3 Å². The molecule has 10 heteroatoms. The van der Waals surface area contributed by atoms with Crippen LogP contribution in [0.5, 0.6) is 0 Å². The Morgan fingerprint density at radius 3 is 2.82 bits per heavy atom. The number of rotatable bonds is 3. The molecule has 5 aromatic heterocycles. The maximum atomic E-state index is 6.37. The molecule has 1 aliphatic heterocycles. The van der Waals surface area contributed by atoms with Gasteiger partial charge < -0.3 is 10.6 Å². The zero-order chi connectivity index (χ0) is 22.2. The lowest BCUT2D eigenvalue weighted by molar-refractivity contribution is 0.230. The van der Waals surface area contributed by atoms with Crippen LogP contribution in [0, 0.1) is 5.41 Å². The summed E-state index contributed by atoms with van der Waals surface area (Å²) in [4.78, 5) is 18.1.